The molecule has 0 radical (unpaired) electrons. The lowest BCUT2D eigenvalue weighted by Crippen LogP contribution is -2.31. The Bertz CT molecular complexity index is 503. The Balaban J connectivity index is 2.59. The van der Waals surface area contributed by atoms with Crippen molar-refractivity contribution in [1.82, 2.24) is 4.72 Å². The zero-order valence-electron chi connectivity index (χ0n) is 8.38. The van der Waals surface area contributed by atoms with Gasteiger partial charge in [0.25, 0.3) is 0 Å². The quantitative estimate of drug-likeness (QED) is 0.748. The summed E-state index contributed by atoms with van der Waals surface area (Å²) in [6.45, 7) is -0.325. The summed E-state index contributed by atoms with van der Waals surface area (Å²) in [4.78, 5) is 11.5. The van der Waals surface area contributed by atoms with Gasteiger partial charge in [0.2, 0.25) is 10.0 Å². The number of nitrogens with one attached hydrogen (secondary N) is 1. The highest BCUT2D eigenvalue weighted by Crippen LogP contribution is 1.99. The average Bonchev–Trinajstić information content (AvgIpc) is 2.27. The van der Waals surface area contributed by atoms with Gasteiger partial charge in [-0.1, -0.05) is 30.3 Å². The zero-order chi connectivity index (χ0) is 12.0. The topological polar surface area (TPSA) is 87.0 Å². The van der Waals surface area contributed by atoms with Crippen LogP contribution >= 0.6 is 0 Å². The summed E-state index contributed by atoms with van der Waals surface area (Å²) in [6.07, 6.45) is 0. The summed E-state index contributed by atoms with van der Waals surface area (Å²) in [6, 6.07) is 9.85. The molecule has 0 heterocycles. The Kier molecular flexibility index (Phi) is 4.17. The second kappa shape index (κ2) is 5.39. The third kappa shape index (κ3) is 3.81. The van der Waals surface area contributed by atoms with Gasteiger partial charge in [0.15, 0.2) is 11.5 Å². The van der Waals surface area contributed by atoms with Crippen LogP contribution in [0.3, 0.4) is 0 Å². The van der Waals surface area contributed by atoms with Crippen LogP contribution < -0.4 is 4.72 Å². The van der Waals surface area contributed by atoms with Gasteiger partial charge in [-0.2, -0.15) is 5.26 Å². The lowest BCUT2D eigenvalue weighted by atomic mass is 10.1. The minimum absolute atomic E-state index is 0.325. The lowest BCUT2D eigenvalue weighted by Gasteiger charge is -2.02. The van der Waals surface area contributed by atoms with E-state index in [0.717, 1.165) is 0 Å². The second-order valence-electron chi connectivity index (χ2n) is 3.03. The van der Waals surface area contributed by atoms with Gasteiger partial charge in [0.05, 0.1) is 12.6 Å². The Morgan fingerprint density at radius 3 is 2.50 bits per heavy atom. The van der Waals surface area contributed by atoms with Crippen molar-refractivity contribution in [2.24, 2.45) is 0 Å². The molecule has 0 amide bonds. The van der Waals surface area contributed by atoms with Gasteiger partial charge in [-0.05, 0) is 0 Å². The van der Waals surface area contributed by atoms with Gasteiger partial charge in [-0.25, -0.2) is 13.1 Å². The highest BCUT2D eigenvalue weighted by atomic mass is 32.2. The number of hydrogen-bond acceptors (Lipinski definition) is 4. The first-order chi connectivity index (χ1) is 7.55. The van der Waals surface area contributed by atoms with Crippen molar-refractivity contribution in [3.8, 4) is 6.07 Å². The summed E-state index contributed by atoms with van der Waals surface area (Å²) in [5.74, 6) is -0.975. The van der Waals surface area contributed by atoms with Gasteiger partial charge < -0.3 is 0 Å². The molecule has 6 heteroatoms. The maximum atomic E-state index is 11.5. The molecule has 0 atom stereocenters. The Morgan fingerprint density at radius 2 is 1.94 bits per heavy atom. The molecule has 0 aliphatic carbocycles. The van der Waals surface area contributed by atoms with E-state index in [1.54, 1.807) is 30.3 Å². The van der Waals surface area contributed by atoms with Crippen LogP contribution in [0.25, 0.3) is 0 Å². The molecule has 0 saturated heterocycles. The van der Waals surface area contributed by atoms with Crippen LogP contribution in [0, 0.1) is 11.3 Å². The normalized spacial score (nSPS) is 10.7. The summed E-state index contributed by atoms with van der Waals surface area (Å²) in [7, 11) is -3.67. The van der Waals surface area contributed by atoms with E-state index in [2.05, 4.69) is 4.72 Å². The number of ketones is 1. The first kappa shape index (κ1) is 12.4. The molecular formula is C10H10N2O3S. The number of nitriles is 1. The molecule has 0 bridgehead atoms. The first-order valence-electron chi connectivity index (χ1n) is 4.48. The molecule has 1 aromatic carbocycles. The monoisotopic (exact) mass is 238 g/mol. The summed E-state index contributed by atoms with van der Waals surface area (Å²) in [5.41, 5.74) is 0.433. The minimum Gasteiger partial charge on any atom is -0.293 e. The third-order valence-corrected chi connectivity index (χ3v) is 2.90. The number of rotatable bonds is 5. The van der Waals surface area contributed by atoms with Crippen LogP contribution in [0.5, 0.6) is 0 Å². The molecule has 1 rings (SSSR count). The number of carbonyl (C=O) groups excluding carboxylic acids is 1. The van der Waals surface area contributed by atoms with E-state index in [0.29, 0.717) is 5.56 Å². The van der Waals surface area contributed by atoms with Crippen LogP contribution in [-0.4, -0.2) is 26.5 Å². The van der Waals surface area contributed by atoms with E-state index in [4.69, 9.17) is 5.26 Å². The standard InChI is InChI=1S/C10H10N2O3S/c11-6-7-16(14,15)12-8-10(13)9-4-2-1-3-5-9/h1-5,12H,7-8H2. The van der Waals surface area contributed by atoms with Gasteiger partial charge in [-0.15, -0.1) is 0 Å². The number of Topliss-reactive ketones (excluding diaryl/α,β-unsaturated/α-hetero) is 1. The zero-order valence-corrected chi connectivity index (χ0v) is 9.20. The number of hydrogen-bond donors (Lipinski definition) is 1. The molecule has 0 aromatic heterocycles. The molecule has 0 saturated carbocycles. The van der Waals surface area contributed by atoms with Crippen LogP contribution in [0.4, 0.5) is 0 Å². The van der Waals surface area contributed by atoms with E-state index in [1.165, 1.54) is 6.07 Å². The van der Waals surface area contributed by atoms with Crippen LogP contribution in [0.15, 0.2) is 30.3 Å². The van der Waals surface area contributed by atoms with E-state index in [-0.39, 0.29) is 12.3 Å². The van der Waals surface area contributed by atoms with Crippen molar-refractivity contribution in [3.05, 3.63) is 35.9 Å². The summed E-state index contributed by atoms with van der Waals surface area (Å²) in [5, 5.41) is 8.23. The highest BCUT2D eigenvalue weighted by Gasteiger charge is 2.12. The van der Waals surface area contributed by atoms with E-state index in [9.17, 15) is 13.2 Å². The molecular weight excluding hydrogens is 228 g/mol. The first-order valence-corrected chi connectivity index (χ1v) is 6.13. The van der Waals surface area contributed by atoms with Crippen LogP contribution in [0.2, 0.25) is 0 Å². The van der Waals surface area contributed by atoms with Crippen molar-refractivity contribution in [1.29, 1.82) is 5.26 Å². The largest absolute Gasteiger partial charge is 0.293 e. The Morgan fingerprint density at radius 1 is 1.31 bits per heavy atom. The number of sulfonamides is 1. The average molecular weight is 238 g/mol. The second-order valence-corrected chi connectivity index (χ2v) is 4.83. The minimum atomic E-state index is -3.67. The Labute approximate surface area is 93.8 Å². The predicted octanol–water partition coefficient (Wildman–Crippen LogP) is 0.312. The third-order valence-electron chi connectivity index (χ3n) is 1.80. The fourth-order valence-electron chi connectivity index (χ4n) is 1.04. The van der Waals surface area contributed by atoms with Crippen molar-refractivity contribution >= 4 is 15.8 Å². The number of carbonyl (C=O) groups is 1. The fraction of sp³-hybridized carbons (Fsp3) is 0.200. The molecule has 16 heavy (non-hydrogen) atoms. The van der Waals surface area contributed by atoms with E-state index >= 15 is 0 Å². The molecule has 0 fully saturated rings. The number of benzene rings is 1. The van der Waals surface area contributed by atoms with Crippen molar-refractivity contribution < 1.29 is 13.2 Å². The summed E-state index contributed by atoms with van der Waals surface area (Å²) < 4.78 is 24.2. The molecule has 0 unspecified atom stereocenters. The molecule has 84 valence electrons. The molecule has 1 aromatic rings. The van der Waals surface area contributed by atoms with Crippen molar-refractivity contribution in [2.75, 3.05) is 12.3 Å². The van der Waals surface area contributed by atoms with Gasteiger partial charge in [-0.3, -0.25) is 4.79 Å². The van der Waals surface area contributed by atoms with Crippen molar-refractivity contribution in [3.63, 3.8) is 0 Å². The fourth-order valence-corrected chi connectivity index (χ4v) is 1.66. The van der Waals surface area contributed by atoms with Crippen LogP contribution in [0.1, 0.15) is 10.4 Å². The lowest BCUT2D eigenvalue weighted by molar-refractivity contribution is 0.0997. The summed E-state index contributed by atoms with van der Waals surface area (Å²) >= 11 is 0. The molecule has 1 N–H and O–H groups in total. The maximum absolute atomic E-state index is 11.5. The van der Waals surface area contributed by atoms with Crippen LogP contribution in [-0.2, 0) is 10.0 Å². The van der Waals surface area contributed by atoms with Gasteiger partial charge >= 0.3 is 0 Å². The van der Waals surface area contributed by atoms with Crippen molar-refractivity contribution in [2.45, 2.75) is 0 Å². The molecule has 0 spiro atoms. The molecule has 5 nitrogen and oxygen atoms in total. The maximum Gasteiger partial charge on any atom is 0.225 e. The Hall–Kier alpha value is -1.71. The number of nitrogens with zero attached hydrogens (tertiary/aromatic N) is 1. The molecule has 0 aliphatic heterocycles. The van der Waals surface area contributed by atoms with Gasteiger partial charge in [0.1, 0.15) is 0 Å². The van der Waals surface area contributed by atoms with E-state index < -0.39 is 15.8 Å². The smallest absolute Gasteiger partial charge is 0.225 e. The SMILES string of the molecule is N#CCS(=O)(=O)NCC(=O)c1ccccc1. The van der Waals surface area contributed by atoms with Gasteiger partial charge in [0, 0.05) is 5.56 Å². The molecule has 0 aliphatic rings. The van der Waals surface area contributed by atoms with E-state index in [1.807, 2.05) is 0 Å². The predicted molar refractivity (Wildman–Crippen MR) is 58.2 cm³/mol. The highest BCUT2D eigenvalue weighted by molar-refractivity contribution is 7.89.